The van der Waals surface area contributed by atoms with E-state index < -0.39 is 6.10 Å². The summed E-state index contributed by atoms with van der Waals surface area (Å²) in [5.41, 5.74) is 3.88. The number of fused-ring (bicyclic) bond motifs is 1. The van der Waals surface area contributed by atoms with Crippen LogP contribution in [0.2, 0.25) is 0 Å². The van der Waals surface area contributed by atoms with E-state index in [2.05, 4.69) is 4.98 Å². The first kappa shape index (κ1) is 20.2. The molecule has 1 amide bonds. The van der Waals surface area contributed by atoms with Gasteiger partial charge in [0.1, 0.15) is 11.9 Å². The van der Waals surface area contributed by atoms with Crippen molar-refractivity contribution in [1.82, 2.24) is 4.98 Å². The third-order valence-electron chi connectivity index (χ3n) is 5.58. The van der Waals surface area contributed by atoms with Gasteiger partial charge in [0.05, 0.1) is 13.7 Å². The molecule has 1 fully saturated rings. The minimum atomic E-state index is -0.468. The molecule has 2 heterocycles. The van der Waals surface area contributed by atoms with E-state index in [1.165, 1.54) is 0 Å². The number of H-pyrrole nitrogens is 1. The van der Waals surface area contributed by atoms with Crippen molar-refractivity contribution in [3.8, 4) is 5.75 Å². The molecule has 2 aromatic carbocycles. The molecule has 0 bridgehead atoms. The Labute approximate surface area is 175 Å². The highest BCUT2D eigenvalue weighted by atomic mass is 16.5. The molecule has 6 nitrogen and oxygen atoms in total. The van der Waals surface area contributed by atoms with Crippen molar-refractivity contribution in [1.29, 1.82) is 0 Å². The van der Waals surface area contributed by atoms with Gasteiger partial charge in [-0.3, -0.25) is 9.59 Å². The summed E-state index contributed by atoms with van der Waals surface area (Å²) in [7, 11) is 1.61. The fourth-order valence-electron chi connectivity index (χ4n) is 3.88. The van der Waals surface area contributed by atoms with Gasteiger partial charge in [0.15, 0.2) is 0 Å². The lowest BCUT2D eigenvalue weighted by molar-refractivity contribution is -0.127. The summed E-state index contributed by atoms with van der Waals surface area (Å²) in [5.74, 6) is 0.605. The van der Waals surface area contributed by atoms with E-state index in [0.717, 1.165) is 34.1 Å². The molecule has 0 radical (unpaired) electrons. The minimum absolute atomic E-state index is 0.105. The van der Waals surface area contributed by atoms with Crippen molar-refractivity contribution in [2.75, 3.05) is 18.6 Å². The van der Waals surface area contributed by atoms with Crippen LogP contribution >= 0.6 is 0 Å². The topological polar surface area (TPSA) is 71.6 Å². The highest BCUT2D eigenvalue weighted by molar-refractivity contribution is 5.97. The van der Waals surface area contributed by atoms with Crippen LogP contribution in [0.5, 0.6) is 5.75 Å². The van der Waals surface area contributed by atoms with Gasteiger partial charge in [-0.05, 0) is 68.1 Å². The second-order valence-electron chi connectivity index (χ2n) is 7.79. The SMILES string of the molecule is COc1ccc2[nH]c(=O)c(CN(C(=O)C3CCCO3)c3cc(C)ccc3C)cc2c1. The molecule has 4 rings (SSSR count). The number of pyridine rings is 1. The Hall–Kier alpha value is -3.12. The smallest absolute Gasteiger partial charge is 0.256 e. The third kappa shape index (κ3) is 3.96. The number of hydrogen-bond acceptors (Lipinski definition) is 4. The van der Waals surface area contributed by atoms with E-state index in [1.807, 2.05) is 50.2 Å². The highest BCUT2D eigenvalue weighted by Gasteiger charge is 2.30. The maximum absolute atomic E-state index is 13.4. The summed E-state index contributed by atoms with van der Waals surface area (Å²) in [5, 5.41) is 0.856. The fourth-order valence-corrected chi connectivity index (χ4v) is 3.88. The van der Waals surface area contributed by atoms with Crippen molar-refractivity contribution < 1.29 is 14.3 Å². The molecular formula is C24H26N2O4. The molecule has 0 spiro atoms. The number of amides is 1. The molecule has 1 atom stereocenters. The number of anilines is 1. The van der Waals surface area contributed by atoms with Gasteiger partial charge in [-0.25, -0.2) is 0 Å². The van der Waals surface area contributed by atoms with Gasteiger partial charge in [-0.2, -0.15) is 0 Å². The average Bonchev–Trinajstić information content (AvgIpc) is 3.28. The second kappa shape index (κ2) is 8.32. The molecule has 1 aliphatic rings. The predicted molar refractivity (Wildman–Crippen MR) is 117 cm³/mol. The normalized spacial score (nSPS) is 16.0. The molecule has 30 heavy (non-hydrogen) atoms. The molecule has 1 aromatic heterocycles. The Morgan fingerprint density at radius 2 is 2.03 bits per heavy atom. The van der Waals surface area contributed by atoms with Gasteiger partial charge >= 0.3 is 0 Å². The molecule has 3 aromatic rings. The van der Waals surface area contributed by atoms with Crippen LogP contribution in [0, 0.1) is 13.8 Å². The van der Waals surface area contributed by atoms with E-state index in [4.69, 9.17) is 9.47 Å². The van der Waals surface area contributed by atoms with Crippen molar-refractivity contribution in [3.05, 3.63) is 69.5 Å². The van der Waals surface area contributed by atoms with Gasteiger partial charge in [-0.1, -0.05) is 12.1 Å². The number of nitrogens with one attached hydrogen (secondary N) is 1. The Balaban J connectivity index is 1.77. The van der Waals surface area contributed by atoms with Gasteiger partial charge in [0.25, 0.3) is 11.5 Å². The van der Waals surface area contributed by atoms with Crippen LogP contribution in [0.25, 0.3) is 10.9 Å². The van der Waals surface area contributed by atoms with E-state index >= 15 is 0 Å². The fraction of sp³-hybridized carbons (Fsp3) is 0.333. The van der Waals surface area contributed by atoms with Crippen LogP contribution in [-0.2, 0) is 16.1 Å². The quantitative estimate of drug-likeness (QED) is 0.698. The lowest BCUT2D eigenvalue weighted by Crippen LogP contribution is -2.40. The second-order valence-corrected chi connectivity index (χ2v) is 7.79. The number of aryl methyl sites for hydroxylation is 2. The zero-order valence-electron chi connectivity index (χ0n) is 17.5. The summed E-state index contributed by atoms with van der Waals surface area (Å²) in [4.78, 5) is 30.8. The molecular weight excluding hydrogens is 380 g/mol. The van der Waals surface area contributed by atoms with Crippen LogP contribution in [0.3, 0.4) is 0 Å². The van der Waals surface area contributed by atoms with Crippen molar-refractivity contribution in [2.24, 2.45) is 0 Å². The largest absolute Gasteiger partial charge is 0.497 e. The first-order valence-electron chi connectivity index (χ1n) is 10.2. The van der Waals surface area contributed by atoms with Crippen molar-refractivity contribution in [3.63, 3.8) is 0 Å². The average molecular weight is 406 g/mol. The van der Waals surface area contributed by atoms with Crippen LogP contribution in [0.15, 0.2) is 47.3 Å². The van der Waals surface area contributed by atoms with Crippen molar-refractivity contribution in [2.45, 2.75) is 39.3 Å². The van der Waals surface area contributed by atoms with Gasteiger partial charge in [0.2, 0.25) is 0 Å². The molecule has 0 saturated carbocycles. The summed E-state index contributed by atoms with van der Waals surface area (Å²) in [6.45, 7) is 4.73. The summed E-state index contributed by atoms with van der Waals surface area (Å²) in [6, 6.07) is 13.3. The zero-order valence-corrected chi connectivity index (χ0v) is 17.5. The molecule has 156 valence electrons. The first-order valence-corrected chi connectivity index (χ1v) is 10.2. The number of aromatic amines is 1. The van der Waals surface area contributed by atoms with Crippen LogP contribution in [0.4, 0.5) is 5.69 Å². The molecule has 1 N–H and O–H groups in total. The number of benzene rings is 2. The number of carbonyl (C=O) groups is 1. The lowest BCUT2D eigenvalue weighted by atomic mass is 10.1. The van der Waals surface area contributed by atoms with Crippen molar-refractivity contribution >= 4 is 22.5 Å². The third-order valence-corrected chi connectivity index (χ3v) is 5.58. The van der Waals surface area contributed by atoms with E-state index in [0.29, 0.717) is 24.3 Å². The Kier molecular flexibility index (Phi) is 5.59. The number of rotatable bonds is 5. The number of carbonyl (C=O) groups excluding carboxylic acids is 1. The van der Waals surface area contributed by atoms with E-state index in [9.17, 15) is 9.59 Å². The lowest BCUT2D eigenvalue weighted by Gasteiger charge is -2.27. The summed E-state index contributed by atoms with van der Waals surface area (Å²) in [6.07, 6.45) is 1.10. The van der Waals surface area contributed by atoms with Gasteiger partial charge in [-0.15, -0.1) is 0 Å². The number of ether oxygens (including phenoxy) is 2. The molecule has 1 aliphatic heterocycles. The summed E-state index contributed by atoms with van der Waals surface area (Å²) < 4.78 is 11.0. The Morgan fingerprint density at radius 3 is 2.77 bits per heavy atom. The molecule has 1 unspecified atom stereocenters. The Morgan fingerprint density at radius 1 is 1.20 bits per heavy atom. The summed E-state index contributed by atoms with van der Waals surface area (Å²) >= 11 is 0. The predicted octanol–water partition coefficient (Wildman–Crippen LogP) is 3.87. The molecule has 0 aliphatic carbocycles. The zero-order chi connectivity index (χ0) is 21.3. The first-order chi connectivity index (χ1) is 14.5. The standard InChI is InChI=1S/C24H26N2O4/c1-15-6-7-16(2)21(11-15)26(24(28)22-5-4-10-30-22)14-18-12-17-13-19(29-3)8-9-20(17)25-23(18)27/h6-9,11-13,22H,4-5,10,14H2,1-3H3,(H,25,27). The number of nitrogens with zero attached hydrogens (tertiary/aromatic N) is 1. The number of hydrogen-bond donors (Lipinski definition) is 1. The van der Waals surface area contributed by atoms with Gasteiger partial charge < -0.3 is 19.4 Å². The van der Waals surface area contributed by atoms with Gasteiger partial charge in [0, 0.05) is 28.8 Å². The number of aromatic nitrogens is 1. The van der Waals surface area contributed by atoms with Crippen LogP contribution in [-0.4, -0.2) is 30.7 Å². The van der Waals surface area contributed by atoms with E-state index in [-0.39, 0.29) is 18.0 Å². The molecule has 6 heteroatoms. The van der Waals surface area contributed by atoms with Crippen LogP contribution in [0.1, 0.15) is 29.5 Å². The van der Waals surface area contributed by atoms with E-state index in [1.54, 1.807) is 18.1 Å². The van der Waals surface area contributed by atoms with Crippen LogP contribution < -0.4 is 15.2 Å². The number of methoxy groups -OCH3 is 1. The minimum Gasteiger partial charge on any atom is -0.497 e. The maximum Gasteiger partial charge on any atom is 0.256 e. The monoisotopic (exact) mass is 406 g/mol. The maximum atomic E-state index is 13.4. The Bertz CT molecular complexity index is 1150. The highest BCUT2D eigenvalue weighted by Crippen LogP contribution is 2.27. The molecule has 1 saturated heterocycles.